The van der Waals surface area contributed by atoms with Gasteiger partial charge in [-0.15, -0.1) is 0 Å². The molecule has 1 aliphatic heterocycles. The van der Waals surface area contributed by atoms with E-state index >= 15 is 0 Å². The fourth-order valence-corrected chi connectivity index (χ4v) is 1.91. The Morgan fingerprint density at radius 3 is 2.44 bits per heavy atom. The van der Waals surface area contributed by atoms with Gasteiger partial charge in [-0.2, -0.15) is 0 Å². The van der Waals surface area contributed by atoms with Crippen LogP contribution >= 0.6 is 0 Å². The quantitative estimate of drug-likeness (QED) is 0.710. The lowest BCUT2D eigenvalue weighted by atomic mass is 9.97. The molecule has 0 aliphatic carbocycles. The van der Waals surface area contributed by atoms with Crippen LogP contribution in [-0.4, -0.2) is 37.6 Å². The van der Waals surface area contributed by atoms with Gasteiger partial charge in [0.05, 0.1) is 12.0 Å². The number of hydrogen-bond acceptors (Lipinski definition) is 4. The number of nitrogens with one attached hydrogen (secondary N) is 2. The van der Waals surface area contributed by atoms with Crippen molar-refractivity contribution in [2.24, 2.45) is 11.8 Å². The second kappa shape index (κ2) is 7.36. The first-order valence-electron chi connectivity index (χ1n) is 6.69. The van der Waals surface area contributed by atoms with E-state index in [1.54, 1.807) is 6.92 Å². The molecule has 1 rings (SSSR count). The van der Waals surface area contributed by atoms with E-state index in [9.17, 15) is 9.59 Å². The van der Waals surface area contributed by atoms with E-state index in [-0.39, 0.29) is 29.8 Å². The van der Waals surface area contributed by atoms with Crippen LogP contribution in [0.5, 0.6) is 0 Å². The Morgan fingerprint density at radius 2 is 1.89 bits per heavy atom. The van der Waals surface area contributed by atoms with Crippen LogP contribution in [0.4, 0.5) is 0 Å². The minimum atomic E-state index is -0.293. The molecule has 0 saturated carbocycles. The van der Waals surface area contributed by atoms with Crippen LogP contribution in [0.1, 0.15) is 33.6 Å². The van der Waals surface area contributed by atoms with Gasteiger partial charge in [-0.25, -0.2) is 0 Å². The summed E-state index contributed by atoms with van der Waals surface area (Å²) in [6.45, 7) is 7.55. The molecule has 0 bridgehead atoms. The van der Waals surface area contributed by atoms with E-state index in [1.807, 2.05) is 13.8 Å². The highest BCUT2D eigenvalue weighted by Gasteiger charge is 2.22. The maximum Gasteiger partial charge on any atom is 0.310 e. The van der Waals surface area contributed by atoms with Crippen LogP contribution in [-0.2, 0) is 14.3 Å². The summed E-state index contributed by atoms with van der Waals surface area (Å²) in [4.78, 5) is 23.4. The maximum atomic E-state index is 11.9. The van der Waals surface area contributed by atoms with Crippen molar-refractivity contribution in [3.63, 3.8) is 0 Å². The molecule has 1 atom stereocenters. The normalized spacial score (nSPS) is 18.4. The molecule has 18 heavy (non-hydrogen) atoms. The minimum absolute atomic E-state index is 0.0562. The summed E-state index contributed by atoms with van der Waals surface area (Å²) in [7, 11) is 0. The standard InChI is InChI=1S/C13H24N2O3/c1-9(2)18-13(17)10(3)8-15-12(16)11-4-6-14-7-5-11/h9-11,14H,4-8H2,1-3H3,(H,15,16). The average molecular weight is 256 g/mol. The first-order valence-corrected chi connectivity index (χ1v) is 6.69. The van der Waals surface area contributed by atoms with Gasteiger partial charge < -0.3 is 15.4 Å². The Morgan fingerprint density at radius 1 is 1.28 bits per heavy atom. The van der Waals surface area contributed by atoms with Crippen LogP contribution in [0.3, 0.4) is 0 Å². The van der Waals surface area contributed by atoms with Crippen LogP contribution in [0.15, 0.2) is 0 Å². The van der Waals surface area contributed by atoms with E-state index in [0.29, 0.717) is 6.54 Å². The van der Waals surface area contributed by atoms with Gasteiger partial charge in [0.1, 0.15) is 0 Å². The third-order valence-corrected chi connectivity index (χ3v) is 3.05. The number of carbonyl (C=O) groups is 2. The largest absolute Gasteiger partial charge is 0.463 e. The summed E-state index contributed by atoms with van der Waals surface area (Å²) in [5.41, 5.74) is 0. The predicted octanol–water partition coefficient (Wildman–Crippen LogP) is 0.690. The smallest absolute Gasteiger partial charge is 0.310 e. The summed E-state index contributed by atoms with van der Waals surface area (Å²) in [5.74, 6) is -0.408. The van der Waals surface area contributed by atoms with Crippen molar-refractivity contribution in [3.8, 4) is 0 Å². The van der Waals surface area contributed by atoms with Crippen molar-refractivity contribution < 1.29 is 14.3 Å². The van der Waals surface area contributed by atoms with E-state index in [4.69, 9.17) is 4.74 Å². The molecule has 0 radical (unpaired) electrons. The van der Waals surface area contributed by atoms with E-state index < -0.39 is 0 Å². The molecule has 1 unspecified atom stereocenters. The molecule has 1 saturated heterocycles. The van der Waals surface area contributed by atoms with Gasteiger partial charge in [0.15, 0.2) is 0 Å². The Labute approximate surface area is 109 Å². The molecule has 5 heteroatoms. The molecule has 1 aliphatic rings. The molecule has 0 spiro atoms. The number of carbonyl (C=O) groups excluding carboxylic acids is 2. The Hall–Kier alpha value is -1.10. The van der Waals surface area contributed by atoms with Crippen LogP contribution in [0, 0.1) is 11.8 Å². The monoisotopic (exact) mass is 256 g/mol. The second-order valence-electron chi connectivity index (χ2n) is 5.16. The fraction of sp³-hybridized carbons (Fsp3) is 0.846. The minimum Gasteiger partial charge on any atom is -0.463 e. The van der Waals surface area contributed by atoms with Gasteiger partial charge in [-0.05, 0) is 39.8 Å². The number of ether oxygens (including phenoxy) is 1. The Kier molecular flexibility index (Phi) is 6.12. The number of rotatable bonds is 5. The first kappa shape index (κ1) is 15.0. The topological polar surface area (TPSA) is 67.4 Å². The third-order valence-electron chi connectivity index (χ3n) is 3.05. The molecule has 0 aromatic carbocycles. The highest BCUT2D eigenvalue weighted by atomic mass is 16.5. The van der Waals surface area contributed by atoms with Gasteiger partial charge in [-0.1, -0.05) is 6.92 Å². The van der Waals surface area contributed by atoms with Crippen molar-refractivity contribution in [1.29, 1.82) is 0 Å². The van der Waals surface area contributed by atoms with Gasteiger partial charge in [0.25, 0.3) is 0 Å². The lowest BCUT2D eigenvalue weighted by Crippen LogP contribution is -2.40. The number of esters is 1. The fourth-order valence-electron chi connectivity index (χ4n) is 1.91. The van der Waals surface area contributed by atoms with Crippen molar-refractivity contribution >= 4 is 11.9 Å². The van der Waals surface area contributed by atoms with Crippen molar-refractivity contribution in [1.82, 2.24) is 10.6 Å². The summed E-state index contributed by atoms with van der Waals surface area (Å²) in [5, 5.41) is 6.06. The second-order valence-corrected chi connectivity index (χ2v) is 5.16. The molecule has 5 nitrogen and oxygen atoms in total. The summed E-state index contributed by atoms with van der Waals surface area (Å²) >= 11 is 0. The lowest BCUT2D eigenvalue weighted by molar-refractivity contribution is -0.151. The van der Waals surface area contributed by atoms with Gasteiger partial charge in [-0.3, -0.25) is 9.59 Å². The molecule has 1 fully saturated rings. The molecular formula is C13H24N2O3. The first-order chi connectivity index (χ1) is 8.50. The maximum absolute atomic E-state index is 11.9. The molecule has 0 aromatic rings. The molecular weight excluding hydrogens is 232 g/mol. The number of amides is 1. The third kappa shape index (κ3) is 5.04. The van der Waals surface area contributed by atoms with Crippen LogP contribution < -0.4 is 10.6 Å². The molecule has 2 N–H and O–H groups in total. The van der Waals surface area contributed by atoms with Crippen molar-refractivity contribution in [2.75, 3.05) is 19.6 Å². The van der Waals surface area contributed by atoms with Crippen LogP contribution in [0.25, 0.3) is 0 Å². The van der Waals surface area contributed by atoms with E-state index in [0.717, 1.165) is 25.9 Å². The van der Waals surface area contributed by atoms with Crippen molar-refractivity contribution in [2.45, 2.75) is 39.7 Å². The molecule has 104 valence electrons. The molecule has 0 aromatic heterocycles. The van der Waals surface area contributed by atoms with Gasteiger partial charge >= 0.3 is 5.97 Å². The van der Waals surface area contributed by atoms with E-state index in [2.05, 4.69) is 10.6 Å². The summed E-state index contributed by atoms with van der Waals surface area (Å²) in [6.07, 6.45) is 1.63. The Bertz CT molecular complexity index is 286. The lowest BCUT2D eigenvalue weighted by Gasteiger charge is -2.22. The zero-order chi connectivity index (χ0) is 13.5. The van der Waals surface area contributed by atoms with Crippen molar-refractivity contribution in [3.05, 3.63) is 0 Å². The zero-order valence-corrected chi connectivity index (χ0v) is 11.5. The van der Waals surface area contributed by atoms with Gasteiger partial charge in [0, 0.05) is 12.5 Å². The average Bonchev–Trinajstić information content (AvgIpc) is 2.35. The summed E-state index contributed by atoms with van der Waals surface area (Å²) in [6, 6.07) is 0. The number of hydrogen-bond donors (Lipinski definition) is 2. The Balaban J connectivity index is 2.26. The SMILES string of the molecule is CC(C)OC(=O)C(C)CNC(=O)C1CCNCC1. The highest BCUT2D eigenvalue weighted by molar-refractivity contribution is 5.80. The predicted molar refractivity (Wildman–Crippen MR) is 69.0 cm³/mol. The number of piperidine rings is 1. The highest BCUT2D eigenvalue weighted by Crippen LogP contribution is 2.11. The zero-order valence-electron chi connectivity index (χ0n) is 11.5. The van der Waals surface area contributed by atoms with Gasteiger partial charge in [0.2, 0.25) is 5.91 Å². The van der Waals surface area contributed by atoms with Crippen LogP contribution in [0.2, 0.25) is 0 Å². The summed E-state index contributed by atoms with van der Waals surface area (Å²) < 4.78 is 5.09. The molecule has 1 amide bonds. The molecule has 1 heterocycles. The van der Waals surface area contributed by atoms with E-state index in [1.165, 1.54) is 0 Å².